The number of thiazole rings is 1. The molecule has 2 rings (SSSR count). The maximum Gasteiger partial charge on any atom is 0.0794 e. The van der Waals surface area contributed by atoms with E-state index in [-0.39, 0.29) is 0 Å². The van der Waals surface area contributed by atoms with Crippen molar-refractivity contribution in [2.24, 2.45) is 0 Å². The van der Waals surface area contributed by atoms with Crippen molar-refractivity contribution in [2.45, 2.75) is 20.0 Å². The topological polar surface area (TPSA) is 53.6 Å². The van der Waals surface area contributed by atoms with Crippen molar-refractivity contribution < 1.29 is 0 Å². The van der Waals surface area contributed by atoms with Gasteiger partial charge in [0.1, 0.15) is 0 Å². The summed E-state index contributed by atoms with van der Waals surface area (Å²) in [6.45, 7) is 3.74. The first kappa shape index (κ1) is 9.36. The summed E-state index contributed by atoms with van der Waals surface area (Å²) in [5.74, 6) is 0. The molecule has 5 heteroatoms. The highest BCUT2D eigenvalue weighted by Gasteiger charge is 1.99. The van der Waals surface area contributed by atoms with Crippen molar-refractivity contribution in [3.63, 3.8) is 0 Å². The molecule has 4 nitrogen and oxygen atoms in total. The lowest BCUT2D eigenvalue weighted by Gasteiger charge is -2.00. The second-order valence-corrected chi connectivity index (χ2v) is 4.06. The second kappa shape index (κ2) is 4.34. The SMILES string of the molecule is Cc1[nH]ncc1CNCc1cncs1. The Morgan fingerprint density at radius 1 is 1.43 bits per heavy atom. The van der Waals surface area contributed by atoms with Crippen LogP contribution in [0.4, 0.5) is 0 Å². The summed E-state index contributed by atoms with van der Waals surface area (Å²) in [4.78, 5) is 5.27. The Labute approximate surface area is 86.4 Å². The smallest absolute Gasteiger partial charge is 0.0794 e. The van der Waals surface area contributed by atoms with Crippen LogP contribution in [0.15, 0.2) is 17.9 Å². The second-order valence-electron chi connectivity index (χ2n) is 3.09. The summed E-state index contributed by atoms with van der Waals surface area (Å²) in [6, 6.07) is 0. The van der Waals surface area contributed by atoms with E-state index in [0.29, 0.717) is 0 Å². The Balaban J connectivity index is 1.81. The van der Waals surface area contributed by atoms with E-state index in [2.05, 4.69) is 20.5 Å². The minimum Gasteiger partial charge on any atom is -0.308 e. The number of rotatable bonds is 4. The third-order valence-corrected chi connectivity index (χ3v) is 2.81. The van der Waals surface area contributed by atoms with Gasteiger partial charge in [-0.15, -0.1) is 11.3 Å². The van der Waals surface area contributed by atoms with Gasteiger partial charge in [-0.25, -0.2) is 0 Å². The molecular weight excluding hydrogens is 196 g/mol. The number of aromatic amines is 1. The summed E-state index contributed by atoms with van der Waals surface area (Å²) in [5.41, 5.74) is 4.19. The monoisotopic (exact) mass is 208 g/mol. The van der Waals surface area contributed by atoms with Gasteiger partial charge in [0.15, 0.2) is 0 Å². The van der Waals surface area contributed by atoms with E-state index in [9.17, 15) is 0 Å². The molecule has 0 saturated heterocycles. The van der Waals surface area contributed by atoms with Gasteiger partial charge in [-0.3, -0.25) is 10.1 Å². The van der Waals surface area contributed by atoms with Gasteiger partial charge in [-0.05, 0) is 6.92 Å². The highest BCUT2D eigenvalue weighted by molar-refractivity contribution is 7.09. The molecule has 0 amide bonds. The van der Waals surface area contributed by atoms with Crippen LogP contribution in [-0.2, 0) is 13.1 Å². The largest absolute Gasteiger partial charge is 0.308 e. The van der Waals surface area contributed by atoms with Gasteiger partial charge in [0.05, 0.1) is 11.7 Å². The van der Waals surface area contributed by atoms with Crippen molar-refractivity contribution in [1.82, 2.24) is 20.5 Å². The third kappa shape index (κ3) is 2.18. The molecular formula is C9H12N4S. The van der Waals surface area contributed by atoms with Gasteiger partial charge in [0, 0.05) is 35.4 Å². The predicted octanol–water partition coefficient (Wildman–Crippen LogP) is 1.46. The van der Waals surface area contributed by atoms with Crippen LogP contribution in [0.1, 0.15) is 16.1 Å². The van der Waals surface area contributed by atoms with Gasteiger partial charge in [0.2, 0.25) is 0 Å². The first-order chi connectivity index (χ1) is 6.86. The zero-order valence-electron chi connectivity index (χ0n) is 7.95. The molecule has 14 heavy (non-hydrogen) atoms. The van der Waals surface area contributed by atoms with Gasteiger partial charge in [-0.1, -0.05) is 0 Å². The molecule has 0 radical (unpaired) electrons. The molecule has 0 atom stereocenters. The minimum atomic E-state index is 0.847. The first-order valence-corrected chi connectivity index (χ1v) is 5.31. The molecule has 2 aromatic heterocycles. The summed E-state index contributed by atoms with van der Waals surface area (Å²) < 4.78 is 0. The zero-order chi connectivity index (χ0) is 9.80. The van der Waals surface area contributed by atoms with Crippen molar-refractivity contribution in [2.75, 3.05) is 0 Å². The molecule has 0 aliphatic carbocycles. The van der Waals surface area contributed by atoms with E-state index in [4.69, 9.17) is 0 Å². The fraction of sp³-hybridized carbons (Fsp3) is 0.333. The van der Waals surface area contributed by atoms with Gasteiger partial charge in [0.25, 0.3) is 0 Å². The predicted molar refractivity (Wildman–Crippen MR) is 56.0 cm³/mol. The Bertz CT molecular complexity index is 379. The van der Waals surface area contributed by atoms with E-state index in [0.717, 1.165) is 18.8 Å². The number of hydrogen-bond acceptors (Lipinski definition) is 4. The lowest BCUT2D eigenvalue weighted by molar-refractivity contribution is 0.697. The molecule has 74 valence electrons. The number of aryl methyl sites for hydroxylation is 1. The highest BCUT2D eigenvalue weighted by Crippen LogP contribution is 2.06. The molecule has 0 spiro atoms. The quantitative estimate of drug-likeness (QED) is 0.800. The van der Waals surface area contributed by atoms with Crippen molar-refractivity contribution in [1.29, 1.82) is 0 Å². The molecule has 0 saturated carbocycles. The highest BCUT2D eigenvalue weighted by atomic mass is 32.1. The number of nitrogens with zero attached hydrogens (tertiary/aromatic N) is 2. The Morgan fingerprint density at radius 3 is 3.00 bits per heavy atom. The Hall–Kier alpha value is -1.20. The van der Waals surface area contributed by atoms with E-state index >= 15 is 0 Å². The van der Waals surface area contributed by atoms with Crippen LogP contribution in [0, 0.1) is 6.92 Å². The standard InChI is InChI=1S/C9H12N4S/c1-7-8(3-12-13-7)2-10-4-9-5-11-6-14-9/h3,5-6,10H,2,4H2,1H3,(H,12,13). The Morgan fingerprint density at radius 2 is 2.36 bits per heavy atom. The van der Waals surface area contributed by atoms with Gasteiger partial charge < -0.3 is 5.32 Å². The first-order valence-electron chi connectivity index (χ1n) is 4.43. The van der Waals surface area contributed by atoms with Crippen LogP contribution in [0.3, 0.4) is 0 Å². The van der Waals surface area contributed by atoms with Crippen molar-refractivity contribution in [3.05, 3.63) is 34.0 Å². The van der Waals surface area contributed by atoms with Crippen molar-refractivity contribution in [3.8, 4) is 0 Å². The fourth-order valence-electron chi connectivity index (χ4n) is 1.20. The molecule has 0 fully saturated rings. The Kier molecular flexibility index (Phi) is 2.90. The average molecular weight is 208 g/mol. The number of aromatic nitrogens is 3. The van der Waals surface area contributed by atoms with Crippen LogP contribution < -0.4 is 5.32 Å². The molecule has 2 N–H and O–H groups in total. The number of hydrogen-bond donors (Lipinski definition) is 2. The molecule has 0 aromatic carbocycles. The fourth-order valence-corrected chi connectivity index (χ4v) is 1.77. The van der Waals surface area contributed by atoms with Crippen LogP contribution in [-0.4, -0.2) is 15.2 Å². The van der Waals surface area contributed by atoms with E-state index in [1.165, 1.54) is 10.4 Å². The van der Waals surface area contributed by atoms with Gasteiger partial charge in [-0.2, -0.15) is 5.10 Å². The zero-order valence-corrected chi connectivity index (χ0v) is 8.77. The van der Waals surface area contributed by atoms with Crippen LogP contribution in [0.2, 0.25) is 0 Å². The lowest BCUT2D eigenvalue weighted by Crippen LogP contribution is -2.11. The summed E-state index contributed by atoms with van der Waals surface area (Å²) in [6.07, 6.45) is 3.74. The average Bonchev–Trinajstić information content (AvgIpc) is 2.78. The van der Waals surface area contributed by atoms with Gasteiger partial charge >= 0.3 is 0 Å². The van der Waals surface area contributed by atoms with E-state index in [1.54, 1.807) is 11.3 Å². The maximum atomic E-state index is 4.02. The third-order valence-electron chi connectivity index (χ3n) is 2.03. The molecule has 2 heterocycles. The summed E-state index contributed by atoms with van der Waals surface area (Å²) in [7, 11) is 0. The van der Waals surface area contributed by atoms with E-state index in [1.807, 2.05) is 24.8 Å². The maximum absolute atomic E-state index is 4.02. The lowest BCUT2D eigenvalue weighted by atomic mass is 10.2. The number of nitrogens with one attached hydrogen (secondary N) is 2. The van der Waals surface area contributed by atoms with Crippen LogP contribution >= 0.6 is 11.3 Å². The molecule has 0 bridgehead atoms. The minimum absolute atomic E-state index is 0.847. The number of H-pyrrole nitrogens is 1. The van der Waals surface area contributed by atoms with E-state index < -0.39 is 0 Å². The normalized spacial score (nSPS) is 10.6. The summed E-state index contributed by atoms with van der Waals surface area (Å²) in [5, 5.41) is 10.2. The molecule has 0 aliphatic rings. The summed E-state index contributed by atoms with van der Waals surface area (Å²) >= 11 is 1.67. The van der Waals surface area contributed by atoms with Crippen LogP contribution in [0.25, 0.3) is 0 Å². The molecule has 0 unspecified atom stereocenters. The molecule has 2 aromatic rings. The van der Waals surface area contributed by atoms with Crippen molar-refractivity contribution >= 4 is 11.3 Å². The van der Waals surface area contributed by atoms with Crippen LogP contribution in [0.5, 0.6) is 0 Å². The molecule has 0 aliphatic heterocycles.